The quantitative estimate of drug-likeness (QED) is 0.691. The molecule has 2 fully saturated rings. The first-order valence-electron chi connectivity index (χ1n) is 5.89. The Kier molecular flexibility index (Phi) is 3.35. The summed E-state index contributed by atoms with van der Waals surface area (Å²) in [6.45, 7) is 2.08. The molecule has 0 aromatic rings. The predicted octanol–water partition coefficient (Wildman–Crippen LogP) is -0.573. The Labute approximate surface area is 99.7 Å². The predicted molar refractivity (Wildman–Crippen MR) is 59.3 cm³/mol. The van der Waals surface area contributed by atoms with Crippen molar-refractivity contribution in [3.8, 4) is 0 Å². The standard InChI is InChI=1S/C11H18N2O4/c12-11(1-3-17-4-2-11)10(16)13-6-8(7-13)5-9(14)15/h8H,1-7,12H2,(H,14,15). The van der Waals surface area contributed by atoms with E-state index in [9.17, 15) is 9.59 Å². The molecule has 0 spiro atoms. The molecule has 0 aliphatic carbocycles. The van der Waals surface area contributed by atoms with Gasteiger partial charge in [0.25, 0.3) is 0 Å². The van der Waals surface area contributed by atoms with Gasteiger partial charge in [-0.3, -0.25) is 9.59 Å². The number of nitrogens with two attached hydrogens (primary N) is 1. The van der Waals surface area contributed by atoms with Gasteiger partial charge in [-0.15, -0.1) is 0 Å². The smallest absolute Gasteiger partial charge is 0.303 e. The molecular weight excluding hydrogens is 224 g/mol. The summed E-state index contributed by atoms with van der Waals surface area (Å²) in [4.78, 5) is 24.3. The van der Waals surface area contributed by atoms with E-state index in [0.717, 1.165) is 0 Å². The van der Waals surface area contributed by atoms with E-state index in [1.54, 1.807) is 4.90 Å². The van der Waals surface area contributed by atoms with E-state index in [-0.39, 0.29) is 18.2 Å². The Bertz CT molecular complexity index is 319. The van der Waals surface area contributed by atoms with E-state index in [1.807, 2.05) is 0 Å². The SMILES string of the molecule is NC1(C(=O)N2CC(CC(=O)O)C2)CCOCC1. The molecule has 1 amide bonds. The van der Waals surface area contributed by atoms with Gasteiger partial charge in [-0.25, -0.2) is 0 Å². The minimum Gasteiger partial charge on any atom is -0.481 e. The monoisotopic (exact) mass is 242 g/mol. The van der Waals surface area contributed by atoms with E-state index < -0.39 is 11.5 Å². The number of ether oxygens (including phenoxy) is 1. The van der Waals surface area contributed by atoms with Gasteiger partial charge in [-0.1, -0.05) is 0 Å². The molecule has 17 heavy (non-hydrogen) atoms. The van der Waals surface area contributed by atoms with Gasteiger partial charge in [0.2, 0.25) is 5.91 Å². The van der Waals surface area contributed by atoms with Gasteiger partial charge in [-0.2, -0.15) is 0 Å². The second-order valence-electron chi connectivity index (χ2n) is 4.94. The maximum Gasteiger partial charge on any atom is 0.303 e. The Morgan fingerprint density at radius 3 is 2.47 bits per heavy atom. The zero-order chi connectivity index (χ0) is 12.5. The van der Waals surface area contributed by atoms with Crippen molar-refractivity contribution in [2.45, 2.75) is 24.8 Å². The third-order valence-electron chi connectivity index (χ3n) is 3.52. The second kappa shape index (κ2) is 4.62. The number of carbonyl (C=O) groups is 2. The average molecular weight is 242 g/mol. The Morgan fingerprint density at radius 2 is 1.94 bits per heavy atom. The number of rotatable bonds is 3. The van der Waals surface area contributed by atoms with E-state index in [0.29, 0.717) is 39.1 Å². The highest BCUT2D eigenvalue weighted by molar-refractivity contribution is 5.87. The van der Waals surface area contributed by atoms with Gasteiger partial charge in [-0.05, 0) is 12.8 Å². The molecule has 0 bridgehead atoms. The molecule has 0 aromatic carbocycles. The normalized spacial score (nSPS) is 24.2. The fraction of sp³-hybridized carbons (Fsp3) is 0.818. The molecule has 96 valence electrons. The van der Waals surface area contributed by atoms with Crippen molar-refractivity contribution >= 4 is 11.9 Å². The molecule has 2 aliphatic rings. The van der Waals surface area contributed by atoms with E-state index >= 15 is 0 Å². The van der Waals surface area contributed by atoms with E-state index in [2.05, 4.69) is 0 Å². The van der Waals surface area contributed by atoms with Gasteiger partial charge in [0.1, 0.15) is 0 Å². The van der Waals surface area contributed by atoms with Crippen LogP contribution in [-0.4, -0.2) is 53.7 Å². The molecule has 0 radical (unpaired) electrons. The lowest BCUT2D eigenvalue weighted by Crippen LogP contribution is -2.63. The molecule has 2 rings (SSSR count). The largest absolute Gasteiger partial charge is 0.481 e. The van der Waals surface area contributed by atoms with E-state index in [1.165, 1.54) is 0 Å². The third kappa shape index (κ3) is 2.58. The molecule has 0 atom stereocenters. The van der Waals surface area contributed by atoms with Crippen LogP contribution in [0.3, 0.4) is 0 Å². The summed E-state index contributed by atoms with van der Waals surface area (Å²) in [5.41, 5.74) is 5.27. The highest BCUT2D eigenvalue weighted by atomic mass is 16.5. The summed E-state index contributed by atoms with van der Waals surface area (Å²) in [5, 5.41) is 8.63. The second-order valence-corrected chi connectivity index (χ2v) is 4.94. The van der Waals surface area contributed by atoms with Crippen molar-refractivity contribution in [3.05, 3.63) is 0 Å². The first kappa shape index (κ1) is 12.3. The first-order valence-corrected chi connectivity index (χ1v) is 5.89. The third-order valence-corrected chi connectivity index (χ3v) is 3.52. The fourth-order valence-electron chi connectivity index (χ4n) is 2.38. The molecule has 6 heteroatoms. The number of carbonyl (C=O) groups excluding carboxylic acids is 1. The summed E-state index contributed by atoms with van der Waals surface area (Å²) in [6, 6.07) is 0. The lowest BCUT2D eigenvalue weighted by atomic mass is 9.86. The number of carboxylic acids is 1. The lowest BCUT2D eigenvalue weighted by molar-refractivity contribution is -0.150. The van der Waals surface area contributed by atoms with Crippen LogP contribution in [0.1, 0.15) is 19.3 Å². The number of hydrogen-bond acceptors (Lipinski definition) is 4. The Balaban J connectivity index is 1.84. The topological polar surface area (TPSA) is 92.9 Å². The number of aliphatic carboxylic acids is 1. The minimum absolute atomic E-state index is 0.0533. The molecule has 3 N–H and O–H groups in total. The molecule has 2 aliphatic heterocycles. The summed E-state index contributed by atoms with van der Waals surface area (Å²) in [7, 11) is 0. The summed E-state index contributed by atoms with van der Waals surface area (Å²) in [5.74, 6) is -0.780. The Morgan fingerprint density at radius 1 is 1.35 bits per heavy atom. The first-order chi connectivity index (χ1) is 8.01. The zero-order valence-corrected chi connectivity index (χ0v) is 9.72. The molecule has 2 heterocycles. The van der Waals surface area contributed by atoms with Crippen LogP contribution in [0.2, 0.25) is 0 Å². The van der Waals surface area contributed by atoms with Crippen LogP contribution in [0.5, 0.6) is 0 Å². The maximum absolute atomic E-state index is 12.1. The van der Waals surface area contributed by atoms with Gasteiger partial charge < -0.3 is 20.5 Å². The maximum atomic E-state index is 12.1. The molecular formula is C11H18N2O4. The number of carboxylic acid groups (broad SMARTS) is 1. The fourth-order valence-corrected chi connectivity index (χ4v) is 2.38. The number of hydrogen-bond donors (Lipinski definition) is 2. The summed E-state index contributed by atoms with van der Waals surface area (Å²) in [6.07, 6.45) is 1.22. The molecule has 2 saturated heterocycles. The van der Waals surface area contributed by atoms with Crippen LogP contribution in [0.15, 0.2) is 0 Å². The van der Waals surface area contributed by atoms with Crippen molar-refractivity contribution in [1.82, 2.24) is 4.90 Å². The summed E-state index contributed by atoms with van der Waals surface area (Å²) < 4.78 is 5.19. The molecule has 0 aromatic heterocycles. The van der Waals surface area contributed by atoms with Gasteiger partial charge >= 0.3 is 5.97 Å². The van der Waals surface area contributed by atoms with Crippen LogP contribution in [-0.2, 0) is 14.3 Å². The van der Waals surface area contributed by atoms with Crippen molar-refractivity contribution in [1.29, 1.82) is 0 Å². The van der Waals surface area contributed by atoms with Gasteiger partial charge in [0, 0.05) is 32.2 Å². The van der Waals surface area contributed by atoms with Crippen molar-refractivity contribution in [2.75, 3.05) is 26.3 Å². The molecule has 0 saturated carbocycles. The molecule has 6 nitrogen and oxygen atoms in total. The summed E-state index contributed by atoms with van der Waals surface area (Å²) >= 11 is 0. The average Bonchev–Trinajstić information content (AvgIpc) is 2.22. The number of amides is 1. The van der Waals surface area contributed by atoms with E-state index in [4.69, 9.17) is 15.6 Å². The van der Waals surface area contributed by atoms with Crippen molar-refractivity contribution < 1.29 is 19.4 Å². The van der Waals surface area contributed by atoms with Crippen LogP contribution in [0.25, 0.3) is 0 Å². The zero-order valence-electron chi connectivity index (χ0n) is 9.72. The minimum atomic E-state index is -0.810. The van der Waals surface area contributed by atoms with Crippen LogP contribution >= 0.6 is 0 Å². The van der Waals surface area contributed by atoms with Crippen LogP contribution in [0.4, 0.5) is 0 Å². The van der Waals surface area contributed by atoms with Gasteiger partial charge in [0.05, 0.1) is 12.0 Å². The van der Waals surface area contributed by atoms with Crippen LogP contribution < -0.4 is 5.73 Å². The highest BCUT2D eigenvalue weighted by Gasteiger charge is 2.43. The van der Waals surface area contributed by atoms with Gasteiger partial charge in [0.15, 0.2) is 0 Å². The van der Waals surface area contributed by atoms with Crippen molar-refractivity contribution in [3.63, 3.8) is 0 Å². The van der Waals surface area contributed by atoms with Crippen LogP contribution in [0, 0.1) is 5.92 Å². The number of nitrogens with zero attached hydrogens (tertiary/aromatic N) is 1. The highest BCUT2D eigenvalue weighted by Crippen LogP contribution is 2.26. The van der Waals surface area contributed by atoms with Crippen molar-refractivity contribution in [2.24, 2.45) is 11.7 Å². The Hall–Kier alpha value is -1.14. The molecule has 0 unspecified atom stereocenters. The number of likely N-dealkylation sites (tertiary alicyclic amines) is 1. The lowest BCUT2D eigenvalue weighted by Gasteiger charge is -2.44.